The monoisotopic (exact) mass is 260 g/mol. The molecule has 4 heteroatoms. The van der Waals surface area contributed by atoms with Crippen LogP contribution in [0.1, 0.15) is 24.5 Å². The molecule has 0 bridgehead atoms. The van der Waals surface area contributed by atoms with Crippen LogP contribution in [0.15, 0.2) is 30.7 Å². The van der Waals surface area contributed by atoms with E-state index in [1.807, 2.05) is 31.6 Å². The maximum atomic E-state index is 5.40. The number of ether oxygens (including phenoxy) is 2. The Kier molecular flexibility index (Phi) is 4.35. The largest absolute Gasteiger partial charge is 0.350 e. The summed E-state index contributed by atoms with van der Waals surface area (Å²) < 4.78 is 12.9. The van der Waals surface area contributed by atoms with E-state index in [2.05, 4.69) is 22.7 Å². The van der Waals surface area contributed by atoms with Crippen molar-refractivity contribution < 1.29 is 9.47 Å². The number of methoxy groups -OCH3 is 2. The van der Waals surface area contributed by atoms with Gasteiger partial charge in [0.1, 0.15) is 0 Å². The summed E-state index contributed by atoms with van der Waals surface area (Å²) in [4.78, 5) is 4.07. The fourth-order valence-electron chi connectivity index (χ4n) is 2.47. The second-order valence-electron chi connectivity index (χ2n) is 4.41. The van der Waals surface area contributed by atoms with E-state index < -0.39 is 0 Å². The van der Waals surface area contributed by atoms with Crippen LogP contribution in [0.25, 0.3) is 11.1 Å². The molecule has 0 saturated heterocycles. The van der Waals surface area contributed by atoms with E-state index in [1.165, 1.54) is 16.7 Å². The fraction of sp³-hybridized carbons (Fsp3) is 0.400. The van der Waals surface area contributed by atoms with E-state index in [0.717, 1.165) is 12.1 Å². The lowest BCUT2D eigenvalue weighted by molar-refractivity contribution is -0.110. The second-order valence-corrected chi connectivity index (χ2v) is 4.41. The molecule has 0 aliphatic rings. The van der Waals surface area contributed by atoms with Crippen molar-refractivity contribution in [3.63, 3.8) is 0 Å². The number of nitrogens with zero attached hydrogens (tertiary/aromatic N) is 2. The van der Waals surface area contributed by atoms with Crippen LogP contribution in [0.4, 0.5) is 0 Å². The highest BCUT2D eigenvalue weighted by Gasteiger charge is 2.21. The zero-order chi connectivity index (χ0) is 13.8. The molecule has 4 nitrogen and oxygen atoms in total. The number of aromatic nitrogens is 2. The highest BCUT2D eigenvalue weighted by molar-refractivity contribution is 5.68. The Morgan fingerprint density at radius 2 is 1.84 bits per heavy atom. The van der Waals surface area contributed by atoms with Crippen LogP contribution in [-0.2, 0) is 22.9 Å². The van der Waals surface area contributed by atoms with Crippen LogP contribution in [0.5, 0.6) is 0 Å². The quantitative estimate of drug-likeness (QED) is 0.775. The molecule has 0 radical (unpaired) electrons. The van der Waals surface area contributed by atoms with Crippen LogP contribution in [0.3, 0.4) is 0 Å². The van der Waals surface area contributed by atoms with Gasteiger partial charge in [0.2, 0.25) is 0 Å². The zero-order valence-electron chi connectivity index (χ0n) is 11.9. The smallest absolute Gasteiger partial charge is 0.198 e. The summed E-state index contributed by atoms with van der Waals surface area (Å²) in [5, 5.41) is 0. The molecule has 0 spiro atoms. The van der Waals surface area contributed by atoms with E-state index >= 15 is 0 Å². The van der Waals surface area contributed by atoms with Gasteiger partial charge in [-0.15, -0.1) is 0 Å². The van der Waals surface area contributed by atoms with Gasteiger partial charge < -0.3 is 14.0 Å². The van der Waals surface area contributed by atoms with Crippen LogP contribution >= 0.6 is 0 Å². The average Bonchev–Trinajstić information content (AvgIpc) is 2.79. The molecular weight excluding hydrogens is 240 g/mol. The maximum absolute atomic E-state index is 5.40. The first kappa shape index (κ1) is 13.8. The molecular formula is C15H20N2O2. The molecule has 0 atom stereocenters. The summed E-state index contributed by atoms with van der Waals surface area (Å²) in [6.45, 7) is 2.14. The highest BCUT2D eigenvalue weighted by Crippen LogP contribution is 2.32. The lowest BCUT2D eigenvalue weighted by Crippen LogP contribution is -2.10. The molecule has 2 rings (SSSR count). The number of rotatable bonds is 5. The van der Waals surface area contributed by atoms with Crippen LogP contribution in [-0.4, -0.2) is 23.8 Å². The molecule has 0 aliphatic carbocycles. The van der Waals surface area contributed by atoms with Crippen LogP contribution < -0.4 is 0 Å². The lowest BCUT2D eigenvalue weighted by Gasteiger charge is -2.16. The Balaban J connectivity index is 2.56. The molecule has 2 aromatic heterocycles. The van der Waals surface area contributed by atoms with Crippen molar-refractivity contribution >= 4 is 0 Å². The zero-order valence-corrected chi connectivity index (χ0v) is 11.9. The van der Waals surface area contributed by atoms with Gasteiger partial charge >= 0.3 is 0 Å². The minimum absolute atomic E-state index is 0.337. The first-order chi connectivity index (χ1) is 9.22. The summed E-state index contributed by atoms with van der Waals surface area (Å²) in [5.41, 5.74) is 4.70. The molecule has 0 aliphatic heterocycles. The maximum Gasteiger partial charge on any atom is 0.198 e. The first-order valence-electron chi connectivity index (χ1n) is 6.37. The van der Waals surface area contributed by atoms with Crippen LogP contribution in [0.2, 0.25) is 0 Å². The van der Waals surface area contributed by atoms with E-state index in [1.54, 1.807) is 14.2 Å². The predicted molar refractivity (Wildman–Crippen MR) is 74.8 cm³/mol. The van der Waals surface area contributed by atoms with Gasteiger partial charge in [-0.2, -0.15) is 0 Å². The van der Waals surface area contributed by atoms with Crippen molar-refractivity contribution in [2.45, 2.75) is 19.6 Å². The molecule has 0 fully saturated rings. The van der Waals surface area contributed by atoms with Gasteiger partial charge in [-0.05, 0) is 29.7 Å². The summed E-state index contributed by atoms with van der Waals surface area (Å²) in [5.74, 6) is 0. The number of aryl methyl sites for hydroxylation is 1. The van der Waals surface area contributed by atoms with E-state index in [0.29, 0.717) is 0 Å². The van der Waals surface area contributed by atoms with E-state index in [-0.39, 0.29) is 6.29 Å². The molecule has 0 aromatic carbocycles. The Morgan fingerprint density at radius 1 is 1.21 bits per heavy atom. The molecule has 0 saturated carbocycles. The number of pyridine rings is 1. The third-order valence-corrected chi connectivity index (χ3v) is 3.33. The minimum atomic E-state index is -0.337. The highest BCUT2D eigenvalue weighted by atomic mass is 16.7. The summed E-state index contributed by atoms with van der Waals surface area (Å²) in [6.07, 6.45) is 6.33. The summed E-state index contributed by atoms with van der Waals surface area (Å²) >= 11 is 0. The van der Waals surface area contributed by atoms with Gasteiger partial charge in [0.15, 0.2) is 6.29 Å². The molecule has 0 unspecified atom stereocenters. The van der Waals surface area contributed by atoms with Gasteiger partial charge in [0, 0.05) is 45.4 Å². The Hall–Kier alpha value is -1.65. The predicted octanol–water partition coefficient (Wildman–Crippen LogP) is 2.94. The minimum Gasteiger partial charge on any atom is -0.350 e. The third-order valence-electron chi connectivity index (χ3n) is 3.33. The molecule has 102 valence electrons. The van der Waals surface area contributed by atoms with Gasteiger partial charge in [-0.1, -0.05) is 6.92 Å². The number of hydrogen-bond donors (Lipinski definition) is 0. The van der Waals surface area contributed by atoms with Gasteiger partial charge in [-0.25, -0.2) is 0 Å². The Morgan fingerprint density at radius 3 is 2.37 bits per heavy atom. The first-order valence-corrected chi connectivity index (χ1v) is 6.37. The normalized spacial score (nSPS) is 11.2. The van der Waals surface area contributed by atoms with Crippen LogP contribution in [0, 0.1) is 0 Å². The van der Waals surface area contributed by atoms with Crippen molar-refractivity contribution in [1.82, 2.24) is 9.55 Å². The third kappa shape index (κ3) is 2.55. The van der Waals surface area contributed by atoms with Crippen molar-refractivity contribution in [3.8, 4) is 11.1 Å². The summed E-state index contributed by atoms with van der Waals surface area (Å²) in [7, 11) is 5.34. The van der Waals surface area contributed by atoms with Crippen molar-refractivity contribution in [2.24, 2.45) is 7.05 Å². The molecule has 2 heterocycles. The molecule has 0 amide bonds. The topological polar surface area (TPSA) is 36.3 Å². The lowest BCUT2D eigenvalue weighted by atomic mass is 10.0. The van der Waals surface area contributed by atoms with Gasteiger partial charge in [-0.3, -0.25) is 4.98 Å². The second kappa shape index (κ2) is 5.99. The number of hydrogen-bond acceptors (Lipinski definition) is 3. The fourth-order valence-corrected chi connectivity index (χ4v) is 2.47. The summed E-state index contributed by atoms with van der Waals surface area (Å²) in [6, 6.07) is 4.04. The van der Waals surface area contributed by atoms with E-state index in [4.69, 9.17) is 9.47 Å². The van der Waals surface area contributed by atoms with Crippen molar-refractivity contribution in [1.29, 1.82) is 0 Å². The molecule has 19 heavy (non-hydrogen) atoms. The Bertz CT molecular complexity index is 531. The molecule has 0 N–H and O–H groups in total. The average molecular weight is 260 g/mol. The van der Waals surface area contributed by atoms with E-state index in [9.17, 15) is 0 Å². The Labute approximate surface area is 114 Å². The molecule has 2 aromatic rings. The SMILES string of the molecule is CCc1c(-c2ccncc2)cn(C)c1C(OC)OC. The van der Waals surface area contributed by atoms with Gasteiger partial charge in [0.05, 0.1) is 5.69 Å². The van der Waals surface area contributed by atoms with Gasteiger partial charge in [0.25, 0.3) is 0 Å². The van der Waals surface area contributed by atoms with Crippen molar-refractivity contribution in [2.75, 3.05) is 14.2 Å². The van der Waals surface area contributed by atoms with Crippen molar-refractivity contribution in [3.05, 3.63) is 42.0 Å². The standard InChI is InChI=1S/C15H20N2O2/c1-5-12-13(11-6-8-16-9-7-11)10-17(2)14(12)15(18-3)19-4/h6-10,15H,5H2,1-4H3.